The van der Waals surface area contributed by atoms with Crippen molar-refractivity contribution in [3.8, 4) is 5.75 Å². The van der Waals surface area contributed by atoms with Crippen LogP contribution in [0.2, 0.25) is 0 Å². The molecule has 0 aliphatic carbocycles. The van der Waals surface area contributed by atoms with Crippen molar-refractivity contribution in [2.45, 2.75) is 0 Å². The van der Waals surface area contributed by atoms with Crippen LogP contribution in [0.4, 0.5) is 0 Å². The Labute approximate surface area is 116 Å². The van der Waals surface area contributed by atoms with E-state index in [1.54, 1.807) is 6.07 Å². The van der Waals surface area contributed by atoms with Gasteiger partial charge >= 0.3 is 0 Å². The summed E-state index contributed by atoms with van der Waals surface area (Å²) in [5.74, 6) is 0.125. The molecule has 0 amide bonds. The Morgan fingerprint density at radius 2 is 1.50 bits per heavy atom. The minimum atomic E-state index is 0.125. The fourth-order valence-electron chi connectivity index (χ4n) is 2.31. The third-order valence-electron chi connectivity index (χ3n) is 3.30. The molecule has 3 aromatic rings. The molecule has 0 saturated carbocycles. The summed E-state index contributed by atoms with van der Waals surface area (Å²) >= 11 is 0. The first-order valence-electron chi connectivity index (χ1n) is 6.30. The third kappa shape index (κ3) is 1.99. The maximum atomic E-state index is 10.4. The van der Waals surface area contributed by atoms with Crippen LogP contribution in [-0.2, 0) is 0 Å². The average Bonchev–Trinajstić information content (AvgIpc) is 2.51. The molecule has 3 aromatic carbocycles. The van der Waals surface area contributed by atoms with Gasteiger partial charge in [-0.25, -0.2) is 0 Å². The van der Waals surface area contributed by atoms with Crippen LogP contribution in [0.15, 0.2) is 71.9 Å². The summed E-state index contributed by atoms with van der Waals surface area (Å²) in [5.41, 5.74) is 1.62. The molecule has 0 heterocycles. The number of hydrogen-bond acceptors (Lipinski definition) is 3. The number of oxime groups is 1. The lowest BCUT2D eigenvalue weighted by atomic mass is 9.98. The summed E-state index contributed by atoms with van der Waals surface area (Å²) in [6.45, 7) is 0. The van der Waals surface area contributed by atoms with Crippen LogP contribution in [0.3, 0.4) is 0 Å². The van der Waals surface area contributed by atoms with Crippen LogP contribution < -0.4 is 0 Å². The van der Waals surface area contributed by atoms with Crippen molar-refractivity contribution < 1.29 is 10.3 Å². The van der Waals surface area contributed by atoms with Gasteiger partial charge in [0, 0.05) is 16.5 Å². The number of nitrogens with zero attached hydrogens (tertiary/aromatic N) is 1. The predicted molar refractivity (Wildman–Crippen MR) is 79.5 cm³/mol. The van der Waals surface area contributed by atoms with Crippen molar-refractivity contribution in [3.05, 3.63) is 77.9 Å². The maximum Gasteiger partial charge on any atom is 0.132 e. The van der Waals surface area contributed by atoms with Gasteiger partial charge in [0.05, 0.1) is 0 Å². The summed E-state index contributed by atoms with van der Waals surface area (Å²) in [4.78, 5) is 0. The Morgan fingerprint density at radius 1 is 0.800 bits per heavy atom. The van der Waals surface area contributed by atoms with E-state index < -0.39 is 0 Å². The van der Waals surface area contributed by atoms with E-state index in [1.807, 2.05) is 60.7 Å². The molecule has 0 atom stereocenters. The summed E-state index contributed by atoms with van der Waals surface area (Å²) in [7, 11) is 0. The minimum Gasteiger partial charge on any atom is -0.507 e. The monoisotopic (exact) mass is 263 g/mol. The highest BCUT2D eigenvalue weighted by Gasteiger charge is 2.14. The fraction of sp³-hybridized carbons (Fsp3) is 0. The van der Waals surface area contributed by atoms with Crippen molar-refractivity contribution in [2.75, 3.05) is 0 Å². The molecule has 0 unspecified atom stereocenters. The lowest BCUT2D eigenvalue weighted by Gasteiger charge is -2.09. The van der Waals surface area contributed by atoms with Gasteiger partial charge in [-0.2, -0.15) is 0 Å². The number of aromatic hydroxyl groups is 1. The molecule has 98 valence electrons. The summed E-state index contributed by atoms with van der Waals surface area (Å²) in [6.07, 6.45) is 0. The molecule has 0 spiro atoms. The summed E-state index contributed by atoms with van der Waals surface area (Å²) in [5, 5.41) is 24.8. The highest BCUT2D eigenvalue weighted by atomic mass is 16.4. The topological polar surface area (TPSA) is 52.8 Å². The van der Waals surface area contributed by atoms with E-state index in [0.717, 1.165) is 16.3 Å². The van der Waals surface area contributed by atoms with Crippen molar-refractivity contribution in [1.29, 1.82) is 0 Å². The van der Waals surface area contributed by atoms with Gasteiger partial charge in [-0.15, -0.1) is 0 Å². The number of hydrogen-bond donors (Lipinski definition) is 2. The molecule has 3 heteroatoms. The summed E-state index contributed by atoms with van der Waals surface area (Å²) < 4.78 is 0. The minimum absolute atomic E-state index is 0.125. The molecule has 0 fully saturated rings. The largest absolute Gasteiger partial charge is 0.507 e. The molecule has 2 N–H and O–H groups in total. The van der Waals surface area contributed by atoms with Gasteiger partial charge in [0.15, 0.2) is 0 Å². The van der Waals surface area contributed by atoms with E-state index in [9.17, 15) is 10.3 Å². The molecule has 20 heavy (non-hydrogen) atoms. The van der Waals surface area contributed by atoms with Crippen molar-refractivity contribution in [2.24, 2.45) is 5.16 Å². The van der Waals surface area contributed by atoms with E-state index in [4.69, 9.17) is 0 Å². The molecule has 3 nitrogen and oxygen atoms in total. The van der Waals surface area contributed by atoms with Crippen LogP contribution in [-0.4, -0.2) is 16.0 Å². The molecule has 0 radical (unpaired) electrons. The number of fused-ring (bicyclic) bond motifs is 1. The molecule has 3 rings (SSSR count). The lowest BCUT2D eigenvalue weighted by molar-refractivity contribution is 0.319. The molecular weight excluding hydrogens is 250 g/mol. The second-order valence-electron chi connectivity index (χ2n) is 4.50. The van der Waals surface area contributed by atoms with Crippen molar-refractivity contribution in [3.63, 3.8) is 0 Å². The van der Waals surface area contributed by atoms with E-state index in [2.05, 4.69) is 5.16 Å². The second kappa shape index (κ2) is 5.05. The Hall–Kier alpha value is -2.81. The third-order valence-corrected chi connectivity index (χ3v) is 3.30. The van der Waals surface area contributed by atoms with E-state index >= 15 is 0 Å². The Balaban J connectivity index is 2.21. The highest BCUT2D eigenvalue weighted by molar-refractivity contribution is 6.16. The Bertz CT molecular complexity index is 779. The molecule has 0 aliphatic rings. The van der Waals surface area contributed by atoms with Crippen LogP contribution in [0.5, 0.6) is 5.75 Å². The Morgan fingerprint density at radius 3 is 2.25 bits per heavy atom. The predicted octanol–water partition coefficient (Wildman–Crippen LogP) is 3.77. The highest BCUT2D eigenvalue weighted by Crippen LogP contribution is 2.30. The zero-order valence-corrected chi connectivity index (χ0v) is 10.7. The van der Waals surface area contributed by atoms with Gasteiger partial charge in [0.1, 0.15) is 11.5 Å². The smallest absolute Gasteiger partial charge is 0.132 e. The fourth-order valence-corrected chi connectivity index (χ4v) is 2.31. The molecule has 0 aromatic heterocycles. The van der Waals surface area contributed by atoms with E-state index in [-0.39, 0.29) is 5.75 Å². The summed E-state index contributed by atoms with van der Waals surface area (Å²) in [6, 6.07) is 20.5. The Kier molecular flexibility index (Phi) is 3.09. The van der Waals surface area contributed by atoms with Gasteiger partial charge in [0.25, 0.3) is 0 Å². The lowest BCUT2D eigenvalue weighted by Crippen LogP contribution is -2.03. The molecule has 0 saturated heterocycles. The zero-order valence-electron chi connectivity index (χ0n) is 10.7. The first-order chi connectivity index (χ1) is 9.81. The van der Waals surface area contributed by atoms with Gasteiger partial charge in [0.2, 0.25) is 0 Å². The van der Waals surface area contributed by atoms with Gasteiger partial charge < -0.3 is 10.3 Å². The molecule has 0 bridgehead atoms. The standard InChI is InChI=1S/C17H13NO2/c19-17-14-9-5-4-6-12(14)10-11-15(17)16(18-20)13-7-2-1-3-8-13/h1-11,19-20H. The number of rotatable bonds is 2. The molecular formula is C17H13NO2. The van der Waals surface area contributed by atoms with Gasteiger partial charge in [-0.05, 0) is 11.5 Å². The first kappa shape index (κ1) is 12.2. The van der Waals surface area contributed by atoms with Gasteiger partial charge in [-0.3, -0.25) is 0 Å². The van der Waals surface area contributed by atoms with Crippen molar-refractivity contribution in [1.82, 2.24) is 0 Å². The quantitative estimate of drug-likeness (QED) is 0.420. The van der Waals surface area contributed by atoms with Crippen LogP contribution in [0, 0.1) is 0 Å². The van der Waals surface area contributed by atoms with Crippen LogP contribution in [0.1, 0.15) is 11.1 Å². The first-order valence-corrected chi connectivity index (χ1v) is 6.30. The number of benzene rings is 3. The number of phenolic OH excluding ortho intramolecular Hbond substituents is 1. The second-order valence-corrected chi connectivity index (χ2v) is 4.50. The maximum absolute atomic E-state index is 10.4. The SMILES string of the molecule is ON=C(c1ccccc1)c1ccc2ccccc2c1O. The van der Waals surface area contributed by atoms with Crippen LogP contribution >= 0.6 is 0 Å². The van der Waals surface area contributed by atoms with E-state index in [0.29, 0.717) is 11.3 Å². The van der Waals surface area contributed by atoms with Gasteiger partial charge in [-0.1, -0.05) is 65.8 Å². The number of phenols is 1. The normalized spacial score (nSPS) is 11.7. The van der Waals surface area contributed by atoms with Crippen molar-refractivity contribution >= 4 is 16.5 Å². The average molecular weight is 263 g/mol. The zero-order chi connectivity index (χ0) is 13.9. The van der Waals surface area contributed by atoms with E-state index in [1.165, 1.54) is 0 Å². The van der Waals surface area contributed by atoms with Crippen LogP contribution in [0.25, 0.3) is 10.8 Å². The molecule has 0 aliphatic heterocycles.